The lowest BCUT2D eigenvalue weighted by molar-refractivity contribution is 0.160. The highest BCUT2D eigenvalue weighted by atomic mass is 32.2. The van der Waals surface area contributed by atoms with Crippen LogP contribution in [0.5, 0.6) is 0 Å². The lowest BCUT2D eigenvalue weighted by Crippen LogP contribution is -2.48. The van der Waals surface area contributed by atoms with Crippen LogP contribution in [0.2, 0.25) is 0 Å². The average Bonchev–Trinajstić information content (AvgIpc) is 3.19. The van der Waals surface area contributed by atoms with Gasteiger partial charge >= 0.3 is 0 Å². The fourth-order valence-electron chi connectivity index (χ4n) is 2.11. The Hall–Kier alpha value is -0.210. The molecule has 1 fully saturated rings. The fourth-order valence-corrected chi connectivity index (χ4v) is 3.73. The molecule has 19 heavy (non-hydrogen) atoms. The number of aliphatic hydroxyl groups is 1. The molecule has 1 N–H and O–H groups in total. The van der Waals surface area contributed by atoms with Crippen molar-refractivity contribution in [1.82, 2.24) is 8.61 Å². The van der Waals surface area contributed by atoms with Crippen LogP contribution in [0.25, 0.3) is 0 Å². The van der Waals surface area contributed by atoms with E-state index in [1.807, 2.05) is 6.92 Å². The maximum absolute atomic E-state index is 12.5. The summed E-state index contributed by atoms with van der Waals surface area (Å²) in [5.74, 6) is 0.470. The van der Waals surface area contributed by atoms with E-state index in [1.165, 1.54) is 8.61 Å². The molecule has 1 rings (SSSR count). The van der Waals surface area contributed by atoms with Crippen LogP contribution in [0, 0.1) is 5.92 Å². The van der Waals surface area contributed by atoms with Gasteiger partial charge in [0.1, 0.15) is 0 Å². The van der Waals surface area contributed by atoms with Crippen molar-refractivity contribution in [3.05, 3.63) is 0 Å². The first-order chi connectivity index (χ1) is 8.95. The first-order valence-corrected chi connectivity index (χ1v) is 8.17. The van der Waals surface area contributed by atoms with Crippen molar-refractivity contribution >= 4 is 10.2 Å². The minimum atomic E-state index is -3.47. The molecule has 1 aliphatic carbocycles. The van der Waals surface area contributed by atoms with Crippen molar-refractivity contribution in [2.45, 2.75) is 32.2 Å². The van der Waals surface area contributed by atoms with Crippen LogP contribution in [0.4, 0.5) is 0 Å². The molecular formula is C12H26N2O4S. The van der Waals surface area contributed by atoms with E-state index in [0.717, 1.165) is 12.8 Å². The molecule has 114 valence electrons. The normalized spacial score (nSPS) is 18.2. The van der Waals surface area contributed by atoms with Gasteiger partial charge in [-0.1, -0.05) is 0 Å². The Morgan fingerprint density at radius 3 is 2.47 bits per heavy atom. The topological polar surface area (TPSA) is 70.1 Å². The molecule has 0 heterocycles. The summed E-state index contributed by atoms with van der Waals surface area (Å²) in [5, 5.41) is 8.81. The molecule has 0 aromatic carbocycles. The van der Waals surface area contributed by atoms with Crippen molar-refractivity contribution in [3.8, 4) is 0 Å². The average molecular weight is 294 g/mol. The number of methoxy groups -OCH3 is 1. The largest absolute Gasteiger partial charge is 0.396 e. The second-order valence-corrected chi connectivity index (χ2v) is 7.08. The lowest BCUT2D eigenvalue weighted by atomic mass is 10.2. The highest BCUT2D eigenvalue weighted by Crippen LogP contribution is 2.36. The van der Waals surface area contributed by atoms with E-state index < -0.39 is 10.2 Å². The third-order valence-electron chi connectivity index (χ3n) is 3.60. The Kier molecular flexibility index (Phi) is 6.68. The number of hydrogen-bond donors (Lipinski definition) is 1. The maximum atomic E-state index is 12.5. The second-order valence-electron chi connectivity index (χ2n) is 5.09. The minimum absolute atomic E-state index is 0.00386. The monoisotopic (exact) mass is 294 g/mol. The predicted octanol–water partition coefficient (Wildman–Crippen LogP) is 0.292. The molecule has 0 aromatic heterocycles. The van der Waals surface area contributed by atoms with E-state index in [0.29, 0.717) is 32.0 Å². The fraction of sp³-hybridized carbons (Fsp3) is 1.00. The van der Waals surface area contributed by atoms with Crippen LogP contribution >= 0.6 is 0 Å². The lowest BCUT2D eigenvalue weighted by Gasteiger charge is -2.32. The van der Waals surface area contributed by atoms with Crippen LogP contribution < -0.4 is 0 Å². The standard InChI is InChI=1S/C12H26N2O4S/c1-11(12-5-6-12)14(8-10-18-3)19(16,17)13(2)7-4-9-15/h11-12,15H,4-10H2,1-3H3. The molecule has 1 atom stereocenters. The van der Waals surface area contributed by atoms with Gasteiger partial charge in [0.05, 0.1) is 6.61 Å². The molecule has 0 bridgehead atoms. The van der Waals surface area contributed by atoms with Gasteiger partial charge in [-0.15, -0.1) is 0 Å². The quantitative estimate of drug-likeness (QED) is 0.629. The van der Waals surface area contributed by atoms with E-state index in [1.54, 1.807) is 14.2 Å². The van der Waals surface area contributed by atoms with Gasteiger partial charge in [-0.3, -0.25) is 0 Å². The minimum Gasteiger partial charge on any atom is -0.396 e. The smallest absolute Gasteiger partial charge is 0.282 e. The van der Waals surface area contributed by atoms with Crippen molar-refractivity contribution in [2.75, 3.05) is 40.5 Å². The Morgan fingerprint density at radius 1 is 1.37 bits per heavy atom. The van der Waals surface area contributed by atoms with E-state index >= 15 is 0 Å². The number of nitrogens with zero attached hydrogens (tertiary/aromatic N) is 2. The van der Waals surface area contributed by atoms with E-state index in [4.69, 9.17) is 9.84 Å². The molecule has 0 saturated heterocycles. The highest BCUT2D eigenvalue weighted by Gasteiger charge is 2.38. The van der Waals surface area contributed by atoms with Crippen LogP contribution in [-0.4, -0.2) is 68.6 Å². The first-order valence-electron chi connectivity index (χ1n) is 6.78. The Labute approximate surface area is 116 Å². The summed E-state index contributed by atoms with van der Waals surface area (Å²) in [5.41, 5.74) is 0. The van der Waals surface area contributed by atoms with Crippen molar-refractivity contribution < 1.29 is 18.3 Å². The number of hydrogen-bond acceptors (Lipinski definition) is 4. The molecular weight excluding hydrogens is 268 g/mol. The molecule has 7 heteroatoms. The third kappa shape index (κ3) is 4.68. The molecule has 0 aromatic rings. The molecule has 1 unspecified atom stereocenters. The Morgan fingerprint density at radius 2 is 2.00 bits per heavy atom. The SMILES string of the molecule is COCCN(C(C)C1CC1)S(=O)(=O)N(C)CCCO. The summed E-state index contributed by atoms with van der Waals surface area (Å²) in [6.07, 6.45) is 2.65. The van der Waals surface area contributed by atoms with Gasteiger partial charge in [-0.25, -0.2) is 0 Å². The molecule has 1 saturated carbocycles. The molecule has 0 radical (unpaired) electrons. The summed E-state index contributed by atoms with van der Waals surface area (Å²) >= 11 is 0. The van der Waals surface area contributed by atoms with Gasteiger partial charge in [0.15, 0.2) is 0 Å². The second kappa shape index (κ2) is 7.54. The van der Waals surface area contributed by atoms with E-state index in [9.17, 15) is 8.42 Å². The Bertz CT molecular complexity index is 357. The van der Waals surface area contributed by atoms with Gasteiger partial charge in [0, 0.05) is 39.9 Å². The van der Waals surface area contributed by atoms with E-state index in [2.05, 4.69) is 0 Å². The highest BCUT2D eigenvalue weighted by molar-refractivity contribution is 7.86. The van der Waals surface area contributed by atoms with Crippen LogP contribution in [0.15, 0.2) is 0 Å². The zero-order valence-electron chi connectivity index (χ0n) is 12.1. The maximum Gasteiger partial charge on any atom is 0.282 e. The third-order valence-corrected chi connectivity index (χ3v) is 5.67. The first kappa shape index (κ1) is 16.8. The summed E-state index contributed by atoms with van der Waals surface area (Å²) in [4.78, 5) is 0. The van der Waals surface area contributed by atoms with Gasteiger partial charge in [0.2, 0.25) is 0 Å². The van der Waals surface area contributed by atoms with Crippen LogP contribution in [0.1, 0.15) is 26.2 Å². The summed E-state index contributed by atoms with van der Waals surface area (Å²) in [7, 11) is -0.343. The number of rotatable bonds is 10. The van der Waals surface area contributed by atoms with Crippen LogP contribution in [0.3, 0.4) is 0 Å². The van der Waals surface area contributed by atoms with Gasteiger partial charge in [0.25, 0.3) is 10.2 Å². The van der Waals surface area contributed by atoms with Crippen molar-refractivity contribution in [2.24, 2.45) is 5.92 Å². The van der Waals surface area contributed by atoms with Gasteiger partial charge in [-0.2, -0.15) is 17.0 Å². The zero-order chi connectivity index (χ0) is 14.5. The Balaban J connectivity index is 2.75. The molecule has 1 aliphatic rings. The summed E-state index contributed by atoms with van der Waals surface area (Å²) in [6, 6.07) is 0.0109. The van der Waals surface area contributed by atoms with Gasteiger partial charge < -0.3 is 9.84 Å². The van der Waals surface area contributed by atoms with E-state index in [-0.39, 0.29) is 12.6 Å². The van der Waals surface area contributed by atoms with Crippen molar-refractivity contribution in [1.29, 1.82) is 0 Å². The molecule has 0 spiro atoms. The summed E-state index contributed by atoms with van der Waals surface area (Å²) < 4.78 is 32.9. The summed E-state index contributed by atoms with van der Waals surface area (Å²) in [6.45, 7) is 3.06. The number of aliphatic hydroxyl groups excluding tert-OH is 1. The molecule has 0 aliphatic heterocycles. The van der Waals surface area contributed by atoms with Crippen molar-refractivity contribution in [3.63, 3.8) is 0 Å². The predicted molar refractivity (Wildman–Crippen MR) is 74.0 cm³/mol. The van der Waals surface area contributed by atoms with Gasteiger partial charge in [-0.05, 0) is 32.1 Å². The number of ether oxygens (including phenoxy) is 1. The zero-order valence-corrected chi connectivity index (χ0v) is 12.9. The molecule has 6 nitrogen and oxygen atoms in total. The van der Waals surface area contributed by atoms with Crippen LogP contribution in [-0.2, 0) is 14.9 Å². The molecule has 0 amide bonds.